The number of aromatic nitrogens is 3. The van der Waals surface area contributed by atoms with Crippen LogP contribution in [0.3, 0.4) is 0 Å². The van der Waals surface area contributed by atoms with Crippen molar-refractivity contribution >= 4 is 22.8 Å². The lowest BCUT2D eigenvalue weighted by Crippen LogP contribution is -2.11. The molecule has 2 heterocycles. The van der Waals surface area contributed by atoms with Crippen molar-refractivity contribution in [3.63, 3.8) is 0 Å². The third-order valence-corrected chi connectivity index (χ3v) is 3.94. The van der Waals surface area contributed by atoms with Crippen LogP contribution in [-0.2, 0) is 6.18 Å². The van der Waals surface area contributed by atoms with Gasteiger partial charge in [-0.2, -0.15) is 13.2 Å². The number of carbonyl (C=O) groups is 1. The van der Waals surface area contributed by atoms with E-state index in [1.165, 1.54) is 12.1 Å². The van der Waals surface area contributed by atoms with Gasteiger partial charge in [-0.1, -0.05) is 23.3 Å². The number of hydrogen-bond acceptors (Lipinski definition) is 4. The number of fused-ring (bicyclic) bond motifs is 1. The van der Waals surface area contributed by atoms with Gasteiger partial charge in [0.1, 0.15) is 0 Å². The van der Waals surface area contributed by atoms with E-state index < -0.39 is 17.6 Å². The average Bonchev–Trinajstić information content (AvgIpc) is 3.28. The second-order valence-electron chi connectivity index (χ2n) is 5.69. The molecule has 0 aliphatic heterocycles. The van der Waals surface area contributed by atoms with Gasteiger partial charge in [-0.15, -0.1) is 5.10 Å². The quantitative estimate of drug-likeness (QED) is 0.555. The molecule has 0 saturated carbocycles. The predicted molar refractivity (Wildman–Crippen MR) is 91.0 cm³/mol. The van der Waals surface area contributed by atoms with Crippen molar-refractivity contribution in [1.82, 2.24) is 15.2 Å². The monoisotopic (exact) mass is 372 g/mol. The Morgan fingerprint density at radius 3 is 2.52 bits per heavy atom. The fourth-order valence-corrected chi connectivity index (χ4v) is 2.62. The van der Waals surface area contributed by atoms with Gasteiger partial charge in [-0.05, 0) is 30.3 Å². The van der Waals surface area contributed by atoms with Gasteiger partial charge >= 0.3 is 12.2 Å². The lowest BCUT2D eigenvalue weighted by atomic mass is 10.1. The summed E-state index contributed by atoms with van der Waals surface area (Å²) in [4.78, 5) is 15.4. The number of alkyl halides is 3. The van der Waals surface area contributed by atoms with Crippen LogP contribution in [0, 0.1) is 0 Å². The standard InChI is InChI=1S/C18H11F3N4O2/c19-18(20,21)11-7-5-10(6-8-11)16-24-25-17(27-16)23-15(26)13-9-22-14-4-2-1-3-12(13)14/h1-9,22H,(H,23,25,26). The highest BCUT2D eigenvalue weighted by Crippen LogP contribution is 2.31. The van der Waals surface area contributed by atoms with Crippen LogP contribution in [0.5, 0.6) is 0 Å². The zero-order valence-electron chi connectivity index (χ0n) is 13.5. The average molecular weight is 372 g/mol. The van der Waals surface area contributed by atoms with Gasteiger partial charge in [0.05, 0.1) is 11.1 Å². The van der Waals surface area contributed by atoms with Crippen LogP contribution in [0.25, 0.3) is 22.4 Å². The Labute approximate surface area is 150 Å². The normalized spacial score (nSPS) is 11.7. The number of nitrogens with one attached hydrogen (secondary N) is 2. The van der Waals surface area contributed by atoms with Crippen LogP contribution in [0.15, 0.2) is 59.1 Å². The Morgan fingerprint density at radius 2 is 1.78 bits per heavy atom. The molecule has 136 valence electrons. The van der Waals surface area contributed by atoms with Crippen molar-refractivity contribution in [1.29, 1.82) is 0 Å². The molecule has 4 aromatic rings. The second kappa shape index (κ2) is 6.27. The van der Waals surface area contributed by atoms with Crippen LogP contribution in [0.4, 0.5) is 19.2 Å². The largest absolute Gasteiger partial charge is 0.416 e. The number of benzene rings is 2. The molecule has 0 spiro atoms. The minimum absolute atomic E-state index is 0.00190. The first-order valence-electron chi connectivity index (χ1n) is 7.80. The van der Waals surface area contributed by atoms with Gasteiger partial charge in [-0.3, -0.25) is 10.1 Å². The fraction of sp³-hybridized carbons (Fsp3) is 0.0556. The number of para-hydroxylation sites is 1. The zero-order valence-corrected chi connectivity index (χ0v) is 13.5. The molecule has 0 atom stereocenters. The molecule has 0 bridgehead atoms. The molecule has 1 amide bonds. The first-order valence-corrected chi connectivity index (χ1v) is 7.80. The highest BCUT2D eigenvalue weighted by molar-refractivity contribution is 6.12. The molecule has 6 nitrogen and oxygen atoms in total. The number of anilines is 1. The smallest absolute Gasteiger partial charge is 0.403 e. The lowest BCUT2D eigenvalue weighted by molar-refractivity contribution is -0.137. The van der Waals surface area contributed by atoms with Crippen molar-refractivity contribution in [3.8, 4) is 11.5 Å². The molecule has 9 heteroatoms. The summed E-state index contributed by atoms with van der Waals surface area (Å²) in [6.45, 7) is 0. The summed E-state index contributed by atoms with van der Waals surface area (Å²) in [7, 11) is 0. The van der Waals surface area contributed by atoms with Gasteiger partial charge in [-0.25, -0.2) is 0 Å². The Balaban J connectivity index is 1.53. The summed E-state index contributed by atoms with van der Waals surface area (Å²) in [6, 6.07) is 11.4. The van der Waals surface area contributed by atoms with Crippen molar-refractivity contribution in [2.75, 3.05) is 5.32 Å². The van der Waals surface area contributed by atoms with Crippen LogP contribution < -0.4 is 5.32 Å². The molecule has 0 aliphatic carbocycles. The van der Waals surface area contributed by atoms with E-state index in [2.05, 4.69) is 20.5 Å². The van der Waals surface area contributed by atoms with Crippen molar-refractivity contribution in [2.24, 2.45) is 0 Å². The maximum atomic E-state index is 12.6. The van der Waals surface area contributed by atoms with E-state index in [-0.39, 0.29) is 11.9 Å². The zero-order chi connectivity index (χ0) is 19.0. The van der Waals surface area contributed by atoms with Crippen molar-refractivity contribution in [2.45, 2.75) is 6.18 Å². The number of aromatic amines is 1. The third-order valence-electron chi connectivity index (χ3n) is 3.94. The number of rotatable bonds is 3. The minimum Gasteiger partial charge on any atom is -0.403 e. The SMILES string of the molecule is O=C(Nc1nnc(-c2ccc(C(F)(F)F)cc2)o1)c1c[nH]c2ccccc12. The summed E-state index contributed by atoms with van der Waals surface area (Å²) < 4.78 is 43.2. The maximum Gasteiger partial charge on any atom is 0.416 e. The van der Waals surface area contributed by atoms with Crippen LogP contribution in [0.1, 0.15) is 15.9 Å². The van der Waals surface area contributed by atoms with Crippen LogP contribution in [0.2, 0.25) is 0 Å². The molecular weight excluding hydrogens is 361 g/mol. The first-order chi connectivity index (χ1) is 12.9. The summed E-state index contributed by atoms with van der Waals surface area (Å²) in [5.41, 5.74) is 0.736. The molecule has 27 heavy (non-hydrogen) atoms. The Bertz CT molecular complexity index is 1110. The van der Waals surface area contributed by atoms with E-state index in [9.17, 15) is 18.0 Å². The number of nitrogens with zero attached hydrogens (tertiary/aromatic N) is 2. The van der Waals surface area contributed by atoms with Crippen molar-refractivity contribution < 1.29 is 22.4 Å². The van der Waals surface area contributed by atoms with Gasteiger partial charge in [0.25, 0.3) is 5.91 Å². The van der Waals surface area contributed by atoms with Gasteiger partial charge in [0, 0.05) is 22.7 Å². The highest BCUT2D eigenvalue weighted by atomic mass is 19.4. The lowest BCUT2D eigenvalue weighted by Gasteiger charge is -2.05. The van der Waals surface area contributed by atoms with E-state index in [0.717, 1.165) is 23.0 Å². The highest BCUT2D eigenvalue weighted by Gasteiger charge is 2.30. The van der Waals surface area contributed by atoms with E-state index in [0.29, 0.717) is 11.1 Å². The molecule has 0 fully saturated rings. The van der Waals surface area contributed by atoms with Crippen LogP contribution >= 0.6 is 0 Å². The second-order valence-corrected chi connectivity index (χ2v) is 5.69. The molecule has 0 unspecified atom stereocenters. The summed E-state index contributed by atoms with van der Waals surface area (Å²) in [5, 5.41) is 10.7. The molecule has 2 aromatic carbocycles. The molecule has 4 rings (SSSR count). The van der Waals surface area contributed by atoms with E-state index in [1.54, 1.807) is 12.3 Å². The maximum absolute atomic E-state index is 12.6. The Hall–Kier alpha value is -3.62. The predicted octanol–water partition coefficient (Wildman–Crippen LogP) is 4.49. The number of hydrogen-bond donors (Lipinski definition) is 2. The van der Waals surface area contributed by atoms with Gasteiger partial charge in [0.15, 0.2) is 0 Å². The number of halogens is 3. The van der Waals surface area contributed by atoms with Crippen molar-refractivity contribution in [3.05, 3.63) is 65.9 Å². The molecule has 0 aliphatic rings. The molecule has 0 radical (unpaired) electrons. The van der Waals surface area contributed by atoms with E-state index >= 15 is 0 Å². The topological polar surface area (TPSA) is 83.8 Å². The molecule has 2 N–H and O–H groups in total. The third kappa shape index (κ3) is 3.26. The molecule has 0 saturated heterocycles. The summed E-state index contributed by atoms with van der Waals surface area (Å²) in [6.07, 6.45) is -2.86. The number of amides is 1. The Morgan fingerprint density at radius 1 is 1.04 bits per heavy atom. The summed E-state index contributed by atoms with van der Waals surface area (Å²) in [5.74, 6) is -0.451. The van der Waals surface area contributed by atoms with Gasteiger partial charge < -0.3 is 9.40 Å². The van der Waals surface area contributed by atoms with Gasteiger partial charge in [0.2, 0.25) is 5.89 Å². The van der Waals surface area contributed by atoms with E-state index in [4.69, 9.17) is 4.42 Å². The summed E-state index contributed by atoms with van der Waals surface area (Å²) >= 11 is 0. The Kier molecular flexibility index (Phi) is 3.91. The van der Waals surface area contributed by atoms with Crippen LogP contribution in [-0.4, -0.2) is 21.1 Å². The minimum atomic E-state index is -4.42. The van der Waals surface area contributed by atoms with E-state index in [1.807, 2.05) is 18.2 Å². The fourth-order valence-electron chi connectivity index (χ4n) is 2.62. The first kappa shape index (κ1) is 16.8. The molecule has 2 aromatic heterocycles. The number of carbonyl (C=O) groups excluding carboxylic acids is 1. The number of H-pyrrole nitrogens is 1. The molecular formula is C18H11F3N4O2.